The van der Waals surface area contributed by atoms with Crippen LogP contribution >= 0.6 is 0 Å². The minimum atomic E-state index is -0.447. The standard InChI is InChI=1S/C12H19N5O4/c13-15-11-2-1-10(17(19)20)12(14-11)16-5-3-9(4-6-16)21-8-7-18/h1-2,9,18H,3-8,13H2,(H,14,15). The van der Waals surface area contributed by atoms with E-state index in [0.29, 0.717) is 31.3 Å². The first-order chi connectivity index (χ1) is 10.2. The summed E-state index contributed by atoms with van der Waals surface area (Å²) in [6.45, 7) is 1.53. The molecule has 2 heterocycles. The molecular formula is C12H19N5O4. The topological polar surface area (TPSA) is 127 Å². The molecule has 1 aromatic heterocycles. The number of rotatable bonds is 6. The molecule has 0 radical (unpaired) electrons. The van der Waals surface area contributed by atoms with Gasteiger partial charge in [0.15, 0.2) is 0 Å². The predicted molar refractivity (Wildman–Crippen MR) is 77.0 cm³/mol. The zero-order valence-corrected chi connectivity index (χ0v) is 11.6. The van der Waals surface area contributed by atoms with Crippen molar-refractivity contribution in [3.63, 3.8) is 0 Å². The van der Waals surface area contributed by atoms with Gasteiger partial charge in [0.2, 0.25) is 5.82 Å². The molecule has 21 heavy (non-hydrogen) atoms. The normalized spacial score (nSPS) is 16.0. The Morgan fingerprint density at radius 3 is 2.81 bits per heavy atom. The number of anilines is 2. The summed E-state index contributed by atoms with van der Waals surface area (Å²) in [5.74, 6) is 6.01. The number of hydrogen-bond donors (Lipinski definition) is 3. The largest absolute Gasteiger partial charge is 0.394 e. The zero-order chi connectivity index (χ0) is 15.2. The van der Waals surface area contributed by atoms with Crippen LogP contribution in [0.2, 0.25) is 0 Å². The molecule has 0 aliphatic carbocycles. The lowest BCUT2D eigenvalue weighted by molar-refractivity contribution is -0.384. The zero-order valence-electron chi connectivity index (χ0n) is 11.6. The molecule has 0 bridgehead atoms. The van der Waals surface area contributed by atoms with Gasteiger partial charge in [0.1, 0.15) is 5.82 Å². The third-order valence-electron chi connectivity index (χ3n) is 3.39. The minimum absolute atomic E-state index is 0.00252. The van der Waals surface area contributed by atoms with Crippen molar-refractivity contribution < 1.29 is 14.8 Å². The fourth-order valence-corrected chi connectivity index (χ4v) is 2.35. The van der Waals surface area contributed by atoms with Crippen LogP contribution in [0.15, 0.2) is 12.1 Å². The number of nitrogens with two attached hydrogens (primary N) is 1. The number of nitrogen functional groups attached to an aromatic ring is 1. The van der Waals surface area contributed by atoms with Crippen molar-refractivity contribution >= 4 is 17.3 Å². The van der Waals surface area contributed by atoms with Gasteiger partial charge in [-0.1, -0.05) is 0 Å². The van der Waals surface area contributed by atoms with Crippen LogP contribution in [0.25, 0.3) is 0 Å². The van der Waals surface area contributed by atoms with Gasteiger partial charge in [-0.2, -0.15) is 0 Å². The molecular weight excluding hydrogens is 278 g/mol. The van der Waals surface area contributed by atoms with Gasteiger partial charge in [0.25, 0.3) is 0 Å². The molecule has 2 rings (SSSR count). The minimum Gasteiger partial charge on any atom is -0.394 e. The van der Waals surface area contributed by atoms with Crippen LogP contribution in [0.4, 0.5) is 17.3 Å². The SMILES string of the molecule is NNc1ccc([N+](=O)[O-])c(N2CCC(OCCO)CC2)n1. The maximum atomic E-state index is 11.1. The second-order valence-electron chi connectivity index (χ2n) is 4.72. The molecule has 1 aliphatic rings. The van der Waals surface area contributed by atoms with Gasteiger partial charge in [-0.15, -0.1) is 0 Å². The number of nitrogens with one attached hydrogen (secondary N) is 1. The van der Waals surface area contributed by atoms with Crippen LogP contribution in [0.3, 0.4) is 0 Å². The number of aliphatic hydroxyl groups excluding tert-OH is 1. The smallest absolute Gasteiger partial charge is 0.311 e. The second kappa shape index (κ2) is 7.16. The van der Waals surface area contributed by atoms with Crippen molar-refractivity contribution in [3.8, 4) is 0 Å². The quantitative estimate of drug-likeness (QED) is 0.387. The van der Waals surface area contributed by atoms with E-state index in [-0.39, 0.29) is 18.4 Å². The van der Waals surface area contributed by atoms with Crippen molar-refractivity contribution in [1.29, 1.82) is 0 Å². The number of hydrazine groups is 1. The Balaban J connectivity index is 2.09. The summed E-state index contributed by atoms with van der Waals surface area (Å²) in [6, 6.07) is 2.87. The highest BCUT2D eigenvalue weighted by atomic mass is 16.6. The van der Waals surface area contributed by atoms with E-state index in [2.05, 4.69) is 10.4 Å². The Labute approximate surface area is 121 Å². The molecule has 1 aromatic rings. The number of ether oxygens (including phenoxy) is 1. The summed E-state index contributed by atoms with van der Waals surface area (Å²) in [5, 5.41) is 19.8. The van der Waals surface area contributed by atoms with Gasteiger partial charge in [0, 0.05) is 19.2 Å². The van der Waals surface area contributed by atoms with Gasteiger partial charge in [-0.25, -0.2) is 10.8 Å². The number of aliphatic hydroxyl groups is 1. The number of nitrogens with zero attached hydrogens (tertiary/aromatic N) is 3. The molecule has 0 aromatic carbocycles. The van der Waals surface area contributed by atoms with Crippen molar-refractivity contribution in [3.05, 3.63) is 22.2 Å². The Kier molecular flexibility index (Phi) is 5.26. The van der Waals surface area contributed by atoms with Crippen LogP contribution in [-0.2, 0) is 4.74 Å². The lowest BCUT2D eigenvalue weighted by atomic mass is 10.1. The summed E-state index contributed by atoms with van der Waals surface area (Å²) < 4.78 is 5.48. The Hall–Kier alpha value is -1.97. The molecule has 0 saturated carbocycles. The number of hydrogen-bond acceptors (Lipinski definition) is 8. The predicted octanol–water partition coefficient (Wildman–Crippen LogP) is 0.253. The van der Waals surface area contributed by atoms with Gasteiger partial charge in [-0.05, 0) is 18.9 Å². The van der Waals surface area contributed by atoms with Crippen molar-refractivity contribution in [1.82, 2.24) is 4.98 Å². The fourth-order valence-electron chi connectivity index (χ4n) is 2.35. The van der Waals surface area contributed by atoms with E-state index in [1.165, 1.54) is 12.1 Å². The average Bonchev–Trinajstić information content (AvgIpc) is 2.52. The molecule has 4 N–H and O–H groups in total. The molecule has 9 nitrogen and oxygen atoms in total. The highest BCUT2D eigenvalue weighted by molar-refractivity contribution is 5.61. The first kappa shape index (κ1) is 15.4. The lowest BCUT2D eigenvalue weighted by Crippen LogP contribution is -2.38. The summed E-state index contributed by atoms with van der Waals surface area (Å²) in [5.41, 5.74) is 2.36. The third kappa shape index (κ3) is 3.78. The molecule has 0 spiro atoms. The van der Waals surface area contributed by atoms with E-state index in [1.807, 2.05) is 4.90 Å². The molecule has 1 fully saturated rings. The van der Waals surface area contributed by atoms with Crippen molar-refractivity contribution in [2.45, 2.75) is 18.9 Å². The highest BCUT2D eigenvalue weighted by Crippen LogP contribution is 2.30. The second-order valence-corrected chi connectivity index (χ2v) is 4.72. The Morgan fingerprint density at radius 2 is 2.24 bits per heavy atom. The molecule has 116 valence electrons. The van der Waals surface area contributed by atoms with Crippen molar-refractivity contribution in [2.75, 3.05) is 36.6 Å². The van der Waals surface area contributed by atoms with Crippen LogP contribution in [0.5, 0.6) is 0 Å². The highest BCUT2D eigenvalue weighted by Gasteiger charge is 2.26. The van der Waals surface area contributed by atoms with Gasteiger partial charge in [0.05, 0.1) is 24.2 Å². The summed E-state index contributed by atoms with van der Waals surface area (Å²) in [7, 11) is 0. The maximum Gasteiger partial charge on any atom is 0.311 e. The van der Waals surface area contributed by atoms with E-state index in [1.54, 1.807) is 0 Å². The van der Waals surface area contributed by atoms with Crippen LogP contribution in [0, 0.1) is 10.1 Å². The van der Waals surface area contributed by atoms with E-state index in [4.69, 9.17) is 15.7 Å². The average molecular weight is 297 g/mol. The molecule has 9 heteroatoms. The maximum absolute atomic E-state index is 11.1. The summed E-state index contributed by atoms with van der Waals surface area (Å²) in [6.07, 6.45) is 1.54. The molecule has 1 aliphatic heterocycles. The summed E-state index contributed by atoms with van der Waals surface area (Å²) in [4.78, 5) is 16.7. The van der Waals surface area contributed by atoms with Gasteiger partial charge < -0.3 is 20.2 Å². The summed E-state index contributed by atoms with van der Waals surface area (Å²) >= 11 is 0. The van der Waals surface area contributed by atoms with Crippen LogP contribution in [0.1, 0.15) is 12.8 Å². The number of aromatic nitrogens is 1. The number of nitro groups is 1. The van der Waals surface area contributed by atoms with E-state index in [9.17, 15) is 10.1 Å². The van der Waals surface area contributed by atoms with Crippen molar-refractivity contribution in [2.24, 2.45) is 5.84 Å². The first-order valence-corrected chi connectivity index (χ1v) is 6.75. The monoisotopic (exact) mass is 297 g/mol. The van der Waals surface area contributed by atoms with Crippen LogP contribution in [-0.4, -0.2) is 47.4 Å². The van der Waals surface area contributed by atoms with Crippen LogP contribution < -0.4 is 16.2 Å². The lowest BCUT2D eigenvalue weighted by Gasteiger charge is -2.32. The first-order valence-electron chi connectivity index (χ1n) is 6.75. The molecule has 0 amide bonds. The molecule has 0 unspecified atom stereocenters. The Bertz CT molecular complexity index is 491. The van der Waals surface area contributed by atoms with E-state index >= 15 is 0 Å². The molecule has 1 saturated heterocycles. The Morgan fingerprint density at radius 1 is 1.52 bits per heavy atom. The number of pyridine rings is 1. The van der Waals surface area contributed by atoms with Gasteiger partial charge >= 0.3 is 5.69 Å². The van der Waals surface area contributed by atoms with Gasteiger partial charge in [-0.3, -0.25) is 10.1 Å². The number of piperidine rings is 1. The third-order valence-corrected chi connectivity index (χ3v) is 3.39. The fraction of sp³-hybridized carbons (Fsp3) is 0.583. The van der Waals surface area contributed by atoms with E-state index in [0.717, 1.165) is 12.8 Å². The van der Waals surface area contributed by atoms with E-state index < -0.39 is 4.92 Å². The molecule has 0 atom stereocenters.